The molecule has 6 nitrogen and oxygen atoms in total. The molecule has 1 fully saturated rings. The molecule has 3 rings (SSSR count). The number of hydrogen-bond acceptors (Lipinski definition) is 7. The van der Waals surface area contributed by atoms with E-state index in [1.807, 2.05) is 30.9 Å². The number of halogens is 3. The summed E-state index contributed by atoms with van der Waals surface area (Å²) < 4.78 is 51.9. The fourth-order valence-corrected chi connectivity index (χ4v) is 5.59. The van der Waals surface area contributed by atoms with Gasteiger partial charge in [0.2, 0.25) is 0 Å². The van der Waals surface area contributed by atoms with Gasteiger partial charge in [0.05, 0.1) is 34.9 Å². The Labute approximate surface area is 185 Å². The predicted octanol–water partition coefficient (Wildman–Crippen LogP) is 3.24. The monoisotopic (exact) mass is 477 g/mol. The van der Waals surface area contributed by atoms with E-state index in [-0.39, 0.29) is 28.6 Å². The molecule has 31 heavy (non-hydrogen) atoms. The van der Waals surface area contributed by atoms with Gasteiger partial charge >= 0.3 is 6.18 Å². The average Bonchev–Trinajstić information content (AvgIpc) is 3.17. The molecule has 0 saturated carbocycles. The first-order chi connectivity index (χ1) is 14.6. The fourth-order valence-electron chi connectivity index (χ4n) is 3.78. The summed E-state index contributed by atoms with van der Waals surface area (Å²) in [6, 6.07) is 5.33. The lowest BCUT2D eigenvalue weighted by Crippen LogP contribution is -2.55. The van der Waals surface area contributed by atoms with Gasteiger partial charge in [-0.25, -0.2) is 4.98 Å². The Bertz CT molecular complexity index is 949. The number of thiazole rings is 1. The molecule has 1 aliphatic heterocycles. The number of benzene rings is 1. The number of rotatable bonds is 6. The maximum atomic E-state index is 13.3. The molecule has 1 saturated heterocycles. The number of alkyl halides is 3. The first-order valence-electron chi connectivity index (χ1n) is 9.83. The summed E-state index contributed by atoms with van der Waals surface area (Å²) in [6.45, 7) is 4.68. The molecule has 0 bridgehead atoms. The van der Waals surface area contributed by atoms with Gasteiger partial charge in [-0.3, -0.25) is 4.21 Å². The molecule has 1 aliphatic rings. The van der Waals surface area contributed by atoms with Gasteiger partial charge in [-0.1, -0.05) is 31.3 Å². The Hall–Kier alpha value is -1.69. The number of aliphatic hydroxyl groups is 2. The Kier molecular flexibility index (Phi) is 7.29. The molecule has 11 heteroatoms. The minimum absolute atomic E-state index is 0.0966. The molecule has 2 unspecified atom stereocenters. The quantitative estimate of drug-likeness (QED) is 0.665. The van der Waals surface area contributed by atoms with Crippen LogP contribution >= 0.6 is 11.3 Å². The van der Waals surface area contributed by atoms with Crippen molar-refractivity contribution in [3.8, 4) is 0 Å². The van der Waals surface area contributed by atoms with Crippen molar-refractivity contribution in [2.75, 3.05) is 35.7 Å². The van der Waals surface area contributed by atoms with Crippen LogP contribution in [0.1, 0.15) is 30.0 Å². The van der Waals surface area contributed by atoms with Crippen molar-refractivity contribution in [3.63, 3.8) is 0 Å². The van der Waals surface area contributed by atoms with Crippen LogP contribution in [-0.4, -0.2) is 51.3 Å². The topological polar surface area (TPSA) is 76.9 Å². The highest BCUT2D eigenvalue weighted by atomic mass is 32.2. The summed E-state index contributed by atoms with van der Waals surface area (Å²) in [5, 5.41) is 19.1. The van der Waals surface area contributed by atoms with Crippen LogP contribution in [0, 0.1) is 5.92 Å². The number of anilines is 2. The number of aromatic nitrogens is 1. The van der Waals surface area contributed by atoms with E-state index >= 15 is 0 Å². The summed E-state index contributed by atoms with van der Waals surface area (Å²) in [4.78, 5) is 8.24. The Morgan fingerprint density at radius 2 is 1.97 bits per heavy atom. The molecular weight excluding hydrogens is 451 g/mol. The standard InChI is InChI=1S/C20H26F3N3O3S2/c1-12(2)15-9-25(14-5-4-13(10-27)17(8-14)31(3)29)6-7-26(15)19-24-18(20(21,22)23)16(11-28)30-19/h4-5,8,12,15,27-28H,6-7,9-11H2,1-3H3. The molecule has 1 aromatic carbocycles. The fraction of sp³-hybridized carbons (Fsp3) is 0.550. The van der Waals surface area contributed by atoms with Crippen molar-refractivity contribution in [2.45, 2.75) is 44.2 Å². The zero-order valence-electron chi connectivity index (χ0n) is 17.5. The molecule has 0 amide bonds. The maximum Gasteiger partial charge on any atom is 0.434 e. The van der Waals surface area contributed by atoms with Crippen molar-refractivity contribution >= 4 is 33.0 Å². The molecule has 2 aromatic rings. The summed E-state index contributed by atoms with van der Waals surface area (Å²) in [5.41, 5.74) is 0.455. The van der Waals surface area contributed by atoms with E-state index in [4.69, 9.17) is 0 Å². The minimum atomic E-state index is -4.61. The molecule has 0 radical (unpaired) electrons. The lowest BCUT2D eigenvalue weighted by molar-refractivity contribution is -0.141. The van der Waals surface area contributed by atoms with Gasteiger partial charge in [0, 0.05) is 36.5 Å². The van der Waals surface area contributed by atoms with Crippen molar-refractivity contribution in [2.24, 2.45) is 5.92 Å². The van der Waals surface area contributed by atoms with E-state index in [0.29, 0.717) is 30.1 Å². The van der Waals surface area contributed by atoms with Gasteiger partial charge in [0.25, 0.3) is 0 Å². The highest BCUT2D eigenvalue weighted by Gasteiger charge is 2.39. The Morgan fingerprint density at radius 1 is 1.26 bits per heavy atom. The lowest BCUT2D eigenvalue weighted by Gasteiger charge is -2.44. The SMILES string of the molecule is CC(C)C1CN(c2ccc(CO)c(S(C)=O)c2)CCN1c1nc(C(F)(F)F)c(CO)s1. The summed E-state index contributed by atoms with van der Waals surface area (Å²) >= 11 is 0.881. The zero-order valence-corrected chi connectivity index (χ0v) is 19.1. The van der Waals surface area contributed by atoms with Crippen molar-refractivity contribution in [1.29, 1.82) is 0 Å². The predicted molar refractivity (Wildman–Crippen MR) is 116 cm³/mol. The average molecular weight is 478 g/mol. The molecular formula is C20H26F3N3O3S2. The smallest absolute Gasteiger partial charge is 0.392 e. The van der Waals surface area contributed by atoms with Crippen LogP contribution in [0.5, 0.6) is 0 Å². The van der Waals surface area contributed by atoms with Crippen LogP contribution in [0.4, 0.5) is 24.0 Å². The number of aliphatic hydroxyl groups excluding tert-OH is 2. The van der Waals surface area contributed by atoms with Crippen molar-refractivity contribution < 1.29 is 27.6 Å². The van der Waals surface area contributed by atoms with Crippen LogP contribution in [0.15, 0.2) is 23.1 Å². The van der Waals surface area contributed by atoms with Gasteiger partial charge in [-0.15, -0.1) is 0 Å². The maximum absolute atomic E-state index is 13.3. The van der Waals surface area contributed by atoms with E-state index in [1.54, 1.807) is 12.3 Å². The van der Waals surface area contributed by atoms with E-state index in [1.165, 1.54) is 0 Å². The summed E-state index contributed by atoms with van der Waals surface area (Å²) in [7, 11) is -1.25. The molecule has 1 aromatic heterocycles. The van der Waals surface area contributed by atoms with Crippen LogP contribution in [0.3, 0.4) is 0 Å². The first kappa shape index (κ1) is 24.0. The van der Waals surface area contributed by atoms with E-state index in [0.717, 1.165) is 17.0 Å². The second-order valence-electron chi connectivity index (χ2n) is 7.78. The van der Waals surface area contributed by atoms with Crippen LogP contribution in [0.25, 0.3) is 0 Å². The van der Waals surface area contributed by atoms with Gasteiger partial charge in [0.1, 0.15) is 0 Å². The second-order valence-corrected chi connectivity index (χ2v) is 10.2. The Balaban J connectivity index is 1.90. The summed E-state index contributed by atoms with van der Waals surface area (Å²) in [6.07, 6.45) is -3.05. The molecule has 172 valence electrons. The third-order valence-corrected chi connectivity index (χ3v) is 7.50. The van der Waals surface area contributed by atoms with Crippen molar-refractivity contribution in [3.05, 3.63) is 34.3 Å². The van der Waals surface area contributed by atoms with E-state index in [9.17, 15) is 27.6 Å². The third kappa shape index (κ3) is 5.05. The highest BCUT2D eigenvalue weighted by Crippen LogP contribution is 2.39. The van der Waals surface area contributed by atoms with Gasteiger partial charge in [0.15, 0.2) is 10.8 Å². The van der Waals surface area contributed by atoms with E-state index < -0.39 is 29.3 Å². The van der Waals surface area contributed by atoms with Gasteiger partial charge < -0.3 is 20.0 Å². The molecule has 0 spiro atoms. The van der Waals surface area contributed by atoms with Gasteiger partial charge in [-0.05, 0) is 23.6 Å². The zero-order chi connectivity index (χ0) is 22.9. The van der Waals surface area contributed by atoms with Crippen LogP contribution < -0.4 is 9.80 Å². The molecule has 2 N–H and O–H groups in total. The second kappa shape index (κ2) is 9.43. The molecule has 2 heterocycles. The first-order valence-corrected chi connectivity index (χ1v) is 12.2. The third-order valence-electron chi connectivity index (χ3n) is 5.43. The normalized spacial score (nSPS) is 18.7. The highest BCUT2D eigenvalue weighted by molar-refractivity contribution is 7.84. The Morgan fingerprint density at radius 3 is 2.48 bits per heavy atom. The number of piperazine rings is 1. The van der Waals surface area contributed by atoms with Crippen LogP contribution in [-0.2, 0) is 30.2 Å². The lowest BCUT2D eigenvalue weighted by atomic mass is 9.99. The van der Waals surface area contributed by atoms with E-state index in [2.05, 4.69) is 9.88 Å². The summed E-state index contributed by atoms with van der Waals surface area (Å²) in [5.74, 6) is 0.134. The molecule has 2 atom stereocenters. The largest absolute Gasteiger partial charge is 0.434 e. The number of hydrogen-bond donors (Lipinski definition) is 2. The minimum Gasteiger partial charge on any atom is -0.392 e. The number of nitrogens with zero attached hydrogens (tertiary/aromatic N) is 3. The molecule has 0 aliphatic carbocycles. The van der Waals surface area contributed by atoms with Crippen LogP contribution in [0.2, 0.25) is 0 Å². The van der Waals surface area contributed by atoms with Crippen molar-refractivity contribution in [1.82, 2.24) is 4.98 Å². The van der Waals surface area contributed by atoms with Gasteiger partial charge in [-0.2, -0.15) is 13.2 Å².